The molecule has 24 heavy (non-hydrogen) atoms. The summed E-state index contributed by atoms with van der Waals surface area (Å²) in [7, 11) is 1.72. The summed E-state index contributed by atoms with van der Waals surface area (Å²) in [5, 5.41) is 14.5. The van der Waals surface area contributed by atoms with Crippen LogP contribution in [0.2, 0.25) is 0 Å². The van der Waals surface area contributed by atoms with Crippen molar-refractivity contribution in [3.63, 3.8) is 0 Å². The number of H-pyrrole nitrogens is 1. The standard InChI is InChI=1S/C16H17FN6O/c1-22(7-6-13-8-18-19-9-13)16(24)15-11-23(21-20-15)10-12-2-4-14(17)5-3-12/h2-5,8-9,11H,6-7,10H2,1H3,(H,18,19). The molecule has 1 aromatic carbocycles. The lowest BCUT2D eigenvalue weighted by Crippen LogP contribution is -2.29. The molecule has 2 aromatic heterocycles. The van der Waals surface area contributed by atoms with E-state index in [0.29, 0.717) is 19.5 Å². The second-order valence-electron chi connectivity index (χ2n) is 5.51. The van der Waals surface area contributed by atoms with Gasteiger partial charge in [-0.05, 0) is 29.7 Å². The minimum atomic E-state index is -0.285. The van der Waals surface area contributed by atoms with E-state index >= 15 is 0 Å². The fraction of sp³-hybridized carbons (Fsp3) is 0.250. The molecule has 3 rings (SSSR count). The Morgan fingerprint density at radius 3 is 2.79 bits per heavy atom. The molecule has 0 unspecified atom stereocenters. The zero-order valence-corrected chi connectivity index (χ0v) is 13.2. The van der Waals surface area contributed by atoms with E-state index in [1.165, 1.54) is 12.1 Å². The van der Waals surface area contributed by atoms with Crippen LogP contribution >= 0.6 is 0 Å². The SMILES string of the molecule is CN(CCc1cn[nH]c1)C(=O)c1cn(Cc2ccc(F)cc2)nn1. The molecule has 0 saturated heterocycles. The van der Waals surface area contributed by atoms with Crippen molar-refractivity contribution in [2.75, 3.05) is 13.6 Å². The molecule has 0 atom stereocenters. The molecule has 1 amide bonds. The number of carbonyl (C=O) groups is 1. The molecule has 0 aliphatic carbocycles. The predicted octanol–water partition coefficient (Wildman–Crippen LogP) is 1.50. The number of aromatic nitrogens is 5. The van der Waals surface area contributed by atoms with Gasteiger partial charge in [0.1, 0.15) is 5.82 Å². The smallest absolute Gasteiger partial charge is 0.275 e. The molecule has 0 saturated carbocycles. The van der Waals surface area contributed by atoms with E-state index in [4.69, 9.17) is 0 Å². The molecule has 0 aliphatic rings. The maximum atomic E-state index is 12.9. The first-order valence-electron chi connectivity index (χ1n) is 7.49. The minimum absolute atomic E-state index is 0.191. The van der Waals surface area contributed by atoms with E-state index in [-0.39, 0.29) is 17.4 Å². The van der Waals surface area contributed by atoms with Crippen LogP contribution in [0.25, 0.3) is 0 Å². The van der Waals surface area contributed by atoms with Gasteiger partial charge in [0, 0.05) is 19.8 Å². The maximum Gasteiger partial charge on any atom is 0.275 e. The molecule has 3 aromatic rings. The van der Waals surface area contributed by atoms with Crippen molar-refractivity contribution in [2.45, 2.75) is 13.0 Å². The van der Waals surface area contributed by atoms with E-state index < -0.39 is 0 Å². The van der Waals surface area contributed by atoms with E-state index in [0.717, 1.165) is 11.1 Å². The monoisotopic (exact) mass is 328 g/mol. The van der Waals surface area contributed by atoms with Crippen molar-refractivity contribution < 1.29 is 9.18 Å². The van der Waals surface area contributed by atoms with Crippen molar-refractivity contribution in [1.29, 1.82) is 0 Å². The summed E-state index contributed by atoms with van der Waals surface area (Å²) in [6.45, 7) is 0.989. The van der Waals surface area contributed by atoms with Gasteiger partial charge in [-0.1, -0.05) is 17.3 Å². The third kappa shape index (κ3) is 3.83. The second-order valence-corrected chi connectivity index (χ2v) is 5.51. The molecule has 2 heterocycles. The van der Waals surface area contributed by atoms with Gasteiger partial charge in [-0.3, -0.25) is 9.89 Å². The Hall–Kier alpha value is -3.03. The van der Waals surface area contributed by atoms with Crippen LogP contribution in [0, 0.1) is 5.82 Å². The first-order valence-corrected chi connectivity index (χ1v) is 7.49. The van der Waals surface area contributed by atoms with Crippen LogP contribution in [0.15, 0.2) is 42.9 Å². The minimum Gasteiger partial charge on any atom is -0.340 e. The molecule has 0 radical (unpaired) electrons. The number of rotatable bonds is 6. The highest BCUT2D eigenvalue weighted by Crippen LogP contribution is 2.06. The Morgan fingerprint density at radius 2 is 2.08 bits per heavy atom. The van der Waals surface area contributed by atoms with E-state index in [2.05, 4.69) is 20.5 Å². The van der Waals surface area contributed by atoms with Crippen molar-refractivity contribution in [3.8, 4) is 0 Å². The number of amides is 1. The molecular formula is C16H17FN6O. The van der Waals surface area contributed by atoms with Crippen LogP contribution in [0.1, 0.15) is 21.6 Å². The Morgan fingerprint density at radius 1 is 1.29 bits per heavy atom. The van der Waals surface area contributed by atoms with E-state index in [1.54, 1.807) is 47.4 Å². The van der Waals surface area contributed by atoms with Gasteiger partial charge in [-0.25, -0.2) is 9.07 Å². The van der Waals surface area contributed by atoms with Crippen molar-refractivity contribution >= 4 is 5.91 Å². The van der Waals surface area contributed by atoms with Gasteiger partial charge in [-0.2, -0.15) is 5.10 Å². The topological polar surface area (TPSA) is 79.7 Å². The predicted molar refractivity (Wildman–Crippen MR) is 84.8 cm³/mol. The summed E-state index contributed by atoms with van der Waals surface area (Å²) in [4.78, 5) is 13.9. The van der Waals surface area contributed by atoms with Crippen LogP contribution in [-0.4, -0.2) is 49.6 Å². The Kier molecular flexibility index (Phi) is 4.64. The quantitative estimate of drug-likeness (QED) is 0.744. The Labute approximate surface area is 138 Å². The number of halogens is 1. The first-order chi connectivity index (χ1) is 11.6. The fourth-order valence-electron chi connectivity index (χ4n) is 2.26. The third-order valence-corrected chi connectivity index (χ3v) is 3.65. The summed E-state index contributed by atoms with van der Waals surface area (Å²) >= 11 is 0. The number of nitrogens with zero attached hydrogens (tertiary/aromatic N) is 5. The number of aromatic amines is 1. The molecule has 0 bridgehead atoms. The molecule has 0 spiro atoms. The number of hydrogen-bond donors (Lipinski definition) is 1. The van der Waals surface area contributed by atoms with Crippen LogP contribution in [0.3, 0.4) is 0 Å². The normalized spacial score (nSPS) is 10.8. The highest BCUT2D eigenvalue weighted by molar-refractivity contribution is 5.91. The first kappa shape index (κ1) is 15.9. The summed E-state index contributed by atoms with van der Waals surface area (Å²) in [6.07, 6.45) is 5.84. The summed E-state index contributed by atoms with van der Waals surface area (Å²) in [5.74, 6) is -0.476. The van der Waals surface area contributed by atoms with Gasteiger partial charge in [0.05, 0.1) is 18.9 Å². The van der Waals surface area contributed by atoms with Crippen LogP contribution in [0.4, 0.5) is 4.39 Å². The van der Waals surface area contributed by atoms with Crippen molar-refractivity contribution in [2.24, 2.45) is 0 Å². The maximum absolute atomic E-state index is 12.9. The lowest BCUT2D eigenvalue weighted by atomic mass is 10.2. The van der Waals surface area contributed by atoms with Gasteiger partial charge in [0.2, 0.25) is 0 Å². The van der Waals surface area contributed by atoms with Gasteiger partial charge < -0.3 is 4.90 Å². The van der Waals surface area contributed by atoms with Gasteiger partial charge in [0.25, 0.3) is 5.91 Å². The van der Waals surface area contributed by atoms with E-state index in [1.807, 2.05) is 0 Å². The van der Waals surface area contributed by atoms with Gasteiger partial charge >= 0.3 is 0 Å². The largest absolute Gasteiger partial charge is 0.340 e. The molecule has 7 nitrogen and oxygen atoms in total. The number of likely N-dealkylation sites (N-methyl/N-ethyl adjacent to an activating group) is 1. The zero-order chi connectivity index (χ0) is 16.9. The lowest BCUT2D eigenvalue weighted by molar-refractivity contribution is 0.0790. The highest BCUT2D eigenvalue weighted by Gasteiger charge is 2.16. The highest BCUT2D eigenvalue weighted by atomic mass is 19.1. The van der Waals surface area contributed by atoms with Crippen LogP contribution in [0.5, 0.6) is 0 Å². The molecule has 0 aliphatic heterocycles. The van der Waals surface area contributed by atoms with Crippen molar-refractivity contribution in [3.05, 3.63) is 65.5 Å². The number of nitrogens with one attached hydrogen (secondary N) is 1. The second kappa shape index (κ2) is 7.03. The van der Waals surface area contributed by atoms with Gasteiger partial charge in [-0.15, -0.1) is 5.10 Å². The molecular weight excluding hydrogens is 311 g/mol. The summed E-state index contributed by atoms with van der Waals surface area (Å²) in [5.41, 5.74) is 2.20. The molecule has 1 N–H and O–H groups in total. The average Bonchev–Trinajstić information content (AvgIpc) is 3.26. The summed E-state index contributed by atoms with van der Waals surface area (Å²) in [6, 6.07) is 6.13. The number of hydrogen-bond acceptors (Lipinski definition) is 4. The molecule has 8 heteroatoms. The fourth-order valence-corrected chi connectivity index (χ4v) is 2.26. The van der Waals surface area contributed by atoms with Crippen LogP contribution < -0.4 is 0 Å². The molecule has 0 fully saturated rings. The molecule has 124 valence electrons. The zero-order valence-electron chi connectivity index (χ0n) is 13.2. The Balaban J connectivity index is 1.59. The summed E-state index contributed by atoms with van der Waals surface area (Å²) < 4.78 is 14.5. The number of carbonyl (C=O) groups excluding carboxylic acids is 1. The Bertz CT molecular complexity index is 796. The third-order valence-electron chi connectivity index (χ3n) is 3.65. The number of benzene rings is 1. The van der Waals surface area contributed by atoms with Crippen LogP contribution in [-0.2, 0) is 13.0 Å². The van der Waals surface area contributed by atoms with E-state index in [9.17, 15) is 9.18 Å². The lowest BCUT2D eigenvalue weighted by Gasteiger charge is -2.14. The average molecular weight is 328 g/mol. The van der Waals surface area contributed by atoms with Gasteiger partial charge in [0.15, 0.2) is 5.69 Å². The van der Waals surface area contributed by atoms with Crippen molar-refractivity contribution in [1.82, 2.24) is 30.1 Å².